The number of nitrogens with zero attached hydrogens (tertiary/aromatic N) is 1. The molecule has 24 heavy (non-hydrogen) atoms. The van der Waals surface area contributed by atoms with E-state index in [0.717, 1.165) is 23.9 Å². The van der Waals surface area contributed by atoms with E-state index in [4.69, 9.17) is 4.74 Å². The van der Waals surface area contributed by atoms with Gasteiger partial charge in [0.15, 0.2) is 5.96 Å². The second kappa shape index (κ2) is 6.62. The lowest BCUT2D eigenvalue weighted by Crippen LogP contribution is -2.40. The van der Waals surface area contributed by atoms with Crippen LogP contribution in [0, 0.1) is 0 Å². The average molecular weight is 317 g/mol. The van der Waals surface area contributed by atoms with Gasteiger partial charge in [0.1, 0.15) is 12.4 Å². The molecular formula is C20H19N3O. The molecule has 0 bridgehead atoms. The minimum absolute atomic E-state index is 0.584. The topological polar surface area (TPSA) is 45.6 Å². The average Bonchev–Trinajstić information content (AvgIpc) is 2.65. The van der Waals surface area contributed by atoms with Gasteiger partial charge in [0.05, 0.1) is 12.2 Å². The Morgan fingerprint density at radius 2 is 1.79 bits per heavy atom. The first-order valence-corrected chi connectivity index (χ1v) is 8.14. The van der Waals surface area contributed by atoms with E-state index in [0.29, 0.717) is 13.2 Å². The van der Waals surface area contributed by atoms with Crippen LogP contribution in [-0.2, 0) is 6.54 Å². The zero-order valence-corrected chi connectivity index (χ0v) is 13.3. The maximum absolute atomic E-state index is 5.83. The summed E-state index contributed by atoms with van der Waals surface area (Å²) in [4.78, 5) is 4.57. The number of para-hydroxylation sites is 1. The standard InChI is InChI=1S/C20H19N3O/c1-2-6-16-13-18(10-9-15(16)5-1)24-12-11-21-20-22-14-17-7-3-4-8-19(17)23-20/h1-10,13H,11-12,14H2,(H2,21,22,23). The maximum Gasteiger partial charge on any atom is 0.196 e. The van der Waals surface area contributed by atoms with Crippen molar-refractivity contribution in [2.75, 3.05) is 13.2 Å². The SMILES string of the molecule is c1ccc2c(c1)CNC(NCCOc1ccc3ccccc3c1)=N2. The minimum Gasteiger partial charge on any atom is -0.492 e. The molecule has 120 valence electrons. The van der Waals surface area contributed by atoms with Crippen molar-refractivity contribution < 1.29 is 4.74 Å². The molecule has 1 aliphatic heterocycles. The third-order valence-electron chi connectivity index (χ3n) is 4.05. The van der Waals surface area contributed by atoms with Crippen LogP contribution in [0.2, 0.25) is 0 Å². The number of guanidine groups is 1. The van der Waals surface area contributed by atoms with Crippen molar-refractivity contribution in [3.8, 4) is 5.75 Å². The minimum atomic E-state index is 0.584. The molecular weight excluding hydrogens is 298 g/mol. The van der Waals surface area contributed by atoms with Gasteiger partial charge in [-0.2, -0.15) is 0 Å². The summed E-state index contributed by atoms with van der Waals surface area (Å²) < 4.78 is 5.83. The fourth-order valence-electron chi connectivity index (χ4n) is 2.81. The van der Waals surface area contributed by atoms with E-state index in [-0.39, 0.29) is 0 Å². The molecule has 0 atom stereocenters. The van der Waals surface area contributed by atoms with Gasteiger partial charge in [-0.3, -0.25) is 0 Å². The fraction of sp³-hybridized carbons (Fsp3) is 0.150. The van der Waals surface area contributed by atoms with Gasteiger partial charge in [0, 0.05) is 6.54 Å². The summed E-state index contributed by atoms with van der Waals surface area (Å²) in [5, 5.41) is 8.98. The van der Waals surface area contributed by atoms with Crippen LogP contribution in [0.15, 0.2) is 71.7 Å². The monoisotopic (exact) mass is 317 g/mol. The molecule has 3 aromatic rings. The van der Waals surface area contributed by atoms with Crippen molar-refractivity contribution in [2.24, 2.45) is 4.99 Å². The van der Waals surface area contributed by atoms with Crippen molar-refractivity contribution in [2.45, 2.75) is 6.54 Å². The number of fused-ring (bicyclic) bond motifs is 2. The second-order valence-corrected chi connectivity index (χ2v) is 5.73. The summed E-state index contributed by atoms with van der Waals surface area (Å²) in [6.07, 6.45) is 0. The highest BCUT2D eigenvalue weighted by Crippen LogP contribution is 2.21. The van der Waals surface area contributed by atoms with Gasteiger partial charge in [-0.25, -0.2) is 4.99 Å². The van der Waals surface area contributed by atoms with E-state index in [2.05, 4.69) is 46.0 Å². The molecule has 1 heterocycles. The molecule has 2 N–H and O–H groups in total. The molecule has 0 spiro atoms. The van der Waals surface area contributed by atoms with E-state index < -0.39 is 0 Å². The zero-order chi connectivity index (χ0) is 16.2. The predicted octanol–water partition coefficient (Wildman–Crippen LogP) is 3.60. The maximum atomic E-state index is 5.83. The highest BCUT2D eigenvalue weighted by Gasteiger charge is 2.09. The lowest BCUT2D eigenvalue weighted by Gasteiger charge is -2.18. The molecule has 0 saturated heterocycles. The van der Waals surface area contributed by atoms with Crippen LogP contribution < -0.4 is 15.4 Å². The smallest absolute Gasteiger partial charge is 0.196 e. The summed E-state index contributed by atoms with van der Waals surface area (Å²) >= 11 is 0. The molecule has 1 aliphatic rings. The predicted molar refractivity (Wildman–Crippen MR) is 97.8 cm³/mol. The summed E-state index contributed by atoms with van der Waals surface area (Å²) in [5.41, 5.74) is 2.24. The van der Waals surface area contributed by atoms with Gasteiger partial charge < -0.3 is 15.4 Å². The van der Waals surface area contributed by atoms with Crippen molar-refractivity contribution >= 4 is 22.4 Å². The largest absolute Gasteiger partial charge is 0.492 e. The van der Waals surface area contributed by atoms with Crippen molar-refractivity contribution in [1.29, 1.82) is 0 Å². The fourth-order valence-corrected chi connectivity index (χ4v) is 2.81. The Morgan fingerprint density at radius 1 is 0.958 bits per heavy atom. The van der Waals surface area contributed by atoms with E-state index in [1.165, 1.54) is 16.3 Å². The van der Waals surface area contributed by atoms with Crippen LogP contribution in [0.4, 0.5) is 5.69 Å². The second-order valence-electron chi connectivity index (χ2n) is 5.73. The number of rotatable bonds is 4. The molecule has 0 aliphatic carbocycles. The number of nitrogens with one attached hydrogen (secondary N) is 2. The van der Waals surface area contributed by atoms with Crippen molar-refractivity contribution in [1.82, 2.24) is 10.6 Å². The first-order valence-electron chi connectivity index (χ1n) is 8.14. The Balaban J connectivity index is 1.32. The molecule has 4 rings (SSSR count). The molecule has 3 aromatic carbocycles. The number of hydrogen-bond acceptors (Lipinski definition) is 4. The van der Waals surface area contributed by atoms with Gasteiger partial charge >= 0.3 is 0 Å². The number of ether oxygens (including phenoxy) is 1. The third-order valence-corrected chi connectivity index (χ3v) is 4.05. The number of benzene rings is 3. The van der Waals surface area contributed by atoms with E-state index in [1.807, 2.05) is 36.4 Å². The van der Waals surface area contributed by atoms with Gasteiger partial charge in [-0.05, 0) is 34.5 Å². The van der Waals surface area contributed by atoms with Crippen LogP contribution in [0.1, 0.15) is 5.56 Å². The Kier molecular flexibility index (Phi) is 4.02. The van der Waals surface area contributed by atoms with Crippen LogP contribution >= 0.6 is 0 Å². The summed E-state index contributed by atoms with van der Waals surface area (Å²) in [6.45, 7) is 2.08. The van der Waals surface area contributed by atoms with Crippen LogP contribution in [0.5, 0.6) is 5.75 Å². The quantitative estimate of drug-likeness (QED) is 0.723. The lowest BCUT2D eigenvalue weighted by atomic mass is 10.1. The molecule has 4 heteroatoms. The molecule has 0 fully saturated rings. The lowest BCUT2D eigenvalue weighted by molar-refractivity contribution is 0.322. The number of aliphatic imine (C=N–C) groups is 1. The Hall–Kier alpha value is -3.01. The Labute approximate surface area is 141 Å². The summed E-state index contributed by atoms with van der Waals surface area (Å²) in [6, 6.07) is 22.6. The third kappa shape index (κ3) is 3.18. The number of hydrogen-bond donors (Lipinski definition) is 2. The highest BCUT2D eigenvalue weighted by molar-refractivity contribution is 5.85. The normalized spacial score (nSPS) is 12.9. The van der Waals surface area contributed by atoms with Crippen LogP contribution in [0.3, 0.4) is 0 Å². The van der Waals surface area contributed by atoms with Crippen molar-refractivity contribution in [3.63, 3.8) is 0 Å². The van der Waals surface area contributed by atoms with Crippen LogP contribution in [0.25, 0.3) is 10.8 Å². The summed E-state index contributed by atoms with van der Waals surface area (Å²) in [5.74, 6) is 1.69. The highest BCUT2D eigenvalue weighted by atomic mass is 16.5. The van der Waals surface area contributed by atoms with Gasteiger partial charge in [0.25, 0.3) is 0 Å². The van der Waals surface area contributed by atoms with Crippen molar-refractivity contribution in [3.05, 3.63) is 72.3 Å². The Bertz CT molecular complexity index is 889. The molecule has 4 nitrogen and oxygen atoms in total. The Morgan fingerprint density at radius 3 is 2.75 bits per heavy atom. The molecule has 0 unspecified atom stereocenters. The van der Waals surface area contributed by atoms with E-state index in [1.54, 1.807) is 0 Å². The molecule has 0 amide bonds. The van der Waals surface area contributed by atoms with Gasteiger partial charge in [-0.1, -0.05) is 48.5 Å². The first-order chi connectivity index (χ1) is 11.9. The van der Waals surface area contributed by atoms with Gasteiger partial charge in [-0.15, -0.1) is 0 Å². The zero-order valence-electron chi connectivity index (χ0n) is 13.3. The van der Waals surface area contributed by atoms with E-state index >= 15 is 0 Å². The molecule has 0 aromatic heterocycles. The molecule has 0 saturated carbocycles. The molecule has 0 radical (unpaired) electrons. The van der Waals surface area contributed by atoms with Crippen LogP contribution in [-0.4, -0.2) is 19.1 Å². The summed E-state index contributed by atoms with van der Waals surface area (Å²) in [7, 11) is 0. The first kappa shape index (κ1) is 14.6. The van der Waals surface area contributed by atoms with Gasteiger partial charge in [0.2, 0.25) is 0 Å². The van der Waals surface area contributed by atoms with E-state index in [9.17, 15) is 0 Å².